The molecule has 1 aromatic heterocycles. The standard InChI is InChI=1S/C43H52N2O2/c1-7-43(5,6)42(46)47-30-15-11-14-17-34-20-16-21-37-39(41(44-40(34)37)35-18-12-10-13-19-35)38(32-24-22-31(4)23-25-32)33-26-28-36(29-27-33)45(8-2)9-3/h10,12-13,16,18-29,38,44H,7-9,11,14-15,17,30H2,1-6H3. The maximum atomic E-state index is 12.4. The normalized spacial score (nSPS) is 12.3. The molecule has 0 saturated carbocycles. The van der Waals surface area contributed by atoms with Gasteiger partial charge in [-0.25, -0.2) is 0 Å². The Bertz CT molecular complexity index is 1730. The highest BCUT2D eigenvalue weighted by atomic mass is 16.5. The van der Waals surface area contributed by atoms with E-state index in [1.54, 1.807) is 0 Å². The van der Waals surface area contributed by atoms with E-state index in [1.165, 1.54) is 55.7 Å². The number of anilines is 1. The Morgan fingerprint density at radius 1 is 0.787 bits per heavy atom. The van der Waals surface area contributed by atoms with Gasteiger partial charge in [-0.3, -0.25) is 4.79 Å². The molecule has 0 aliphatic carbocycles. The average Bonchev–Trinajstić information content (AvgIpc) is 3.48. The van der Waals surface area contributed by atoms with E-state index in [1.807, 2.05) is 20.8 Å². The van der Waals surface area contributed by atoms with Gasteiger partial charge < -0.3 is 14.6 Å². The van der Waals surface area contributed by atoms with Gasteiger partial charge >= 0.3 is 5.97 Å². The molecule has 1 N–H and O–H groups in total. The van der Waals surface area contributed by atoms with Crippen molar-refractivity contribution in [2.24, 2.45) is 5.41 Å². The molecule has 0 aliphatic rings. The van der Waals surface area contributed by atoms with E-state index in [2.05, 4.69) is 128 Å². The number of H-pyrrole nitrogens is 1. The van der Waals surface area contributed by atoms with Gasteiger partial charge in [0.05, 0.1) is 17.7 Å². The minimum absolute atomic E-state index is 0.0580. The van der Waals surface area contributed by atoms with Crippen LogP contribution in [0.4, 0.5) is 5.69 Å². The molecule has 0 saturated heterocycles. The first-order chi connectivity index (χ1) is 22.8. The summed E-state index contributed by atoms with van der Waals surface area (Å²) in [5.74, 6) is -0.0365. The lowest BCUT2D eigenvalue weighted by atomic mass is 9.82. The summed E-state index contributed by atoms with van der Waals surface area (Å²) >= 11 is 0. The van der Waals surface area contributed by atoms with Gasteiger partial charge in [-0.05, 0) is 107 Å². The predicted octanol–water partition coefficient (Wildman–Crippen LogP) is 10.9. The second kappa shape index (κ2) is 15.5. The van der Waals surface area contributed by atoms with Gasteiger partial charge in [0.15, 0.2) is 0 Å². The van der Waals surface area contributed by atoms with Crippen LogP contribution in [-0.2, 0) is 16.0 Å². The van der Waals surface area contributed by atoms with Crippen molar-refractivity contribution in [1.29, 1.82) is 0 Å². The molecule has 1 heterocycles. The number of fused-ring (bicyclic) bond motifs is 1. The number of carbonyl (C=O) groups is 1. The van der Waals surface area contributed by atoms with Gasteiger partial charge in [-0.1, -0.05) is 97.4 Å². The van der Waals surface area contributed by atoms with Gasteiger partial charge in [0.25, 0.3) is 0 Å². The quantitative estimate of drug-likeness (QED) is 0.0927. The lowest BCUT2D eigenvalue weighted by molar-refractivity contribution is -0.154. The van der Waals surface area contributed by atoms with E-state index in [4.69, 9.17) is 4.74 Å². The van der Waals surface area contributed by atoms with E-state index in [0.29, 0.717) is 6.61 Å². The molecule has 4 heteroatoms. The summed E-state index contributed by atoms with van der Waals surface area (Å²) in [5, 5.41) is 1.27. The third-order valence-corrected chi connectivity index (χ3v) is 9.84. The molecule has 4 aromatic carbocycles. The molecule has 47 heavy (non-hydrogen) atoms. The Morgan fingerprint density at radius 3 is 2.09 bits per heavy atom. The molecule has 0 radical (unpaired) electrons. The fourth-order valence-corrected chi connectivity index (χ4v) is 6.49. The van der Waals surface area contributed by atoms with Gasteiger partial charge in [0.2, 0.25) is 0 Å². The number of carbonyl (C=O) groups excluding carboxylic acids is 1. The van der Waals surface area contributed by atoms with Crippen molar-refractivity contribution in [3.05, 3.63) is 125 Å². The van der Waals surface area contributed by atoms with Crippen molar-refractivity contribution in [2.45, 2.75) is 79.6 Å². The monoisotopic (exact) mass is 628 g/mol. The first-order valence-electron chi connectivity index (χ1n) is 17.5. The Labute approximate surface area is 282 Å². The van der Waals surface area contributed by atoms with Crippen molar-refractivity contribution in [1.82, 2.24) is 4.98 Å². The number of hydrogen-bond acceptors (Lipinski definition) is 3. The third-order valence-electron chi connectivity index (χ3n) is 9.84. The molecule has 5 rings (SSSR count). The summed E-state index contributed by atoms with van der Waals surface area (Å²) < 4.78 is 5.59. The van der Waals surface area contributed by atoms with Crippen molar-refractivity contribution >= 4 is 22.6 Å². The van der Waals surface area contributed by atoms with E-state index in [-0.39, 0.29) is 11.9 Å². The Kier molecular flexibility index (Phi) is 11.2. The van der Waals surface area contributed by atoms with Crippen LogP contribution in [0.1, 0.15) is 94.0 Å². The lowest BCUT2D eigenvalue weighted by Gasteiger charge is -2.24. The maximum absolute atomic E-state index is 12.4. The molecule has 246 valence electrons. The fraction of sp³-hybridized carbons (Fsp3) is 0.372. The largest absolute Gasteiger partial charge is 0.465 e. The summed E-state index contributed by atoms with van der Waals surface area (Å²) in [5.41, 5.74) is 10.9. The van der Waals surface area contributed by atoms with Crippen LogP contribution < -0.4 is 4.90 Å². The number of benzene rings is 4. The first kappa shape index (κ1) is 34.0. The number of ether oxygens (including phenoxy) is 1. The highest BCUT2D eigenvalue weighted by Gasteiger charge is 2.27. The van der Waals surface area contributed by atoms with Gasteiger partial charge in [0, 0.05) is 35.6 Å². The summed E-state index contributed by atoms with van der Waals surface area (Å²) in [6.07, 6.45) is 4.68. The van der Waals surface area contributed by atoms with Crippen LogP contribution in [0.3, 0.4) is 0 Å². The zero-order valence-electron chi connectivity index (χ0n) is 29.2. The Morgan fingerprint density at radius 2 is 1.45 bits per heavy atom. The third kappa shape index (κ3) is 7.81. The van der Waals surface area contributed by atoms with Crippen molar-refractivity contribution in [2.75, 3.05) is 24.6 Å². The number of aryl methyl sites for hydroxylation is 2. The van der Waals surface area contributed by atoms with Crippen LogP contribution in [0.25, 0.3) is 22.2 Å². The topological polar surface area (TPSA) is 45.3 Å². The number of esters is 1. The fourth-order valence-electron chi connectivity index (χ4n) is 6.49. The van der Waals surface area contributed by atoms with E-state index >= 15 is 0 Å². The minimum Gasteiger partial charge on any atom is -0.465 e. The number of unbranched alkanes of at least 4 members (excludes halogenated alkanes) is 2. The van der Waals surface area contributed by atoms with Crippen LogP contribution in [0.15, 0.2) is 97.1 Å². The van der Waals surface area contributed by atoms with E-state index in [9.17, 15) is 4.79 Å². The molecule has 5 aromatic rings. The van der Waals surface area contributed by atoms with Crippen LogP contribution in [-0.4, -0.2) is 30.6 Å². The second-order valence-corrected chi connectivity index (χ2v) is 13.4. The molecule has 0 amide bonds. The van der Waals surface area contributed by atoms with Gasteiger partial charge in [0.1, 0.15) is 0 Å². The number of para-hydroxylation sites is 1. The van der Waals surface area contributed by atoms with Crippen LogP contribution in [0.5, 0.6) is 0 Å². The summed E-state index contributed by atoms with van der Waals surface area (Å²) in [4.78, 5) is 18.7. The molecular formula is C43H52N2O2. The summed E-state index contributed by atoms with van der Waals surface area (Å²) in [6.45, 7) is 15.0. The summed E-state index contributed by atoms with van der Waals surface area (Å²) in [6, 6.07) is 35.8. The number of hydrogen-bond donors (Lipinski definition) is 1. The molecule has 0 bridgehead atoms. The van der Waals surface area contributed by atoms with Crippen molar-refractivity contribution in [3.8, 4) is 11.3 Å². The molecule has 4 nitrogen and oxygen atoms in total. The number of nitrogens with zero attached hydrogens (tertiary/aromatic N) is 1. The maximum Gasteiger partial charge on any atom is 0.311 e. The SMILES string of the molecule is CCN(CC)c1ccc(C(c2ccc(C)cc2)c2c(-c3ccccc3)[nH]c3c(CCCCCOC(=O)C(C)(C)CC)cccc23)cc1. The zero-order valence-corrected chi connectivity index (χ0v) is 29.2. The van der Waals surface area contributed by atoms with Crippen molar-refractivity contribution in [3.63, 3.8) is 0 Å². The number of aromatic nitrogens is 1. The Balaban J connectivity index is 1.51. The molecule has 0 aliphatic heterocycles. The average molecular weight is 629 g/mol. The predicted molar refractivity (Wildman–Crippen MR) is 198 cm³/mol. The minimum atomic E-state index is -0.415. The number of aromatic amines is 1. The molecule has 0 spiro atoms. The molecule has 1 unspecified atom stereocenters. The highest BCUT2D eigenvalue weighted by molar-refractivity contribution is 5.94. The van der Waals surface area contributed by atoms with E-state index in [0.717, 1.165) is 45.2 Å². The Hall–Kier alpha value is -4.31. The molecule has 1 atom stereocenters. The van der Waals surface area contributed by atoms with Crippen molar-refractivity contribution < 1.29 is 9.53 Å². The smallest absolute Gasteiger partial charge is 0.311 e. The lowest BCUT2D eigenvalue weighted by Crippen LogP contribution is -2.26. The summed E-state index contributed by atoms with van der Waals surface area (Å²) in [7, 11) is 0. The second-order valence-electron chi connectivity index (χ2n) is 13.4. The number of rotatable bonds is 15. The molecule has 0 fully saturated rings. The van der Waals surface area contributed by atoms with Gasteiger partial charge in [-0.2, -0.15) is 0 Å². The van der Waals surface area contributed by atoms with Gasteiger partial charge in [-0.15, -0.1) is 0 Å². The number of nitrogens with one attached hydrogen (secondary N) is 1. The van der Waals surface area contributed by atoms with Crippen LogP contribution in [0, 0.1) is 12.3 Å². The van der Waals surface area contributed by atoms with E-state index < -0.39 is 5.41 Å². The first-order valence-corrected chi connectivity index (χ1v) is 17.5. The zero-order chi connectivity index (χ0) is 33.4. The van der Waals surface area contributed by atoms with Crippen LogP contribution >= 0.6 is 0 Å². The van der Waals surface area contributed by atoms with Crippen LogP contribution in [0.2, 0.25) is 0 Å². The molecular weight excluding hydrogens is 576 g/mol. The highest BCUT2D eigenvalue weighted by Crippen LogP contribution is 2.43.